The summed E-state index contributed by atoms with van der Waals surface area (Å²) in [6.45, 7) is 0.317. The predicted molar refractivity (Wildman–Crippen MR) is 73.3 cm³/mol. The molecule has 7 heteroatoms. The van der Waals surface area contributed by atoms with Crippen LogP contribution >= 0.6 is 22.7 Å². The minimum absolute atomic E-state index is 0.159. The van der Waals surface area contributed by atoms with E-state index in [9.17, 15) is 15.0 Å². The lowest BCUT2D eigenvalue weighted by Gasteiger charge is -2.13. The Kier molecular flexibility index (Phi) is 3.36. The second kappa shape index (κ2) is 5.01. The summed E-state index contributed by atoms with van der Waals surface area (Å²) >= 11 is 3.00. The molecule has 19 heavy (non-hydrogen) atoms. The third-order valence-corrected chi connectivity index (χ3v) is 4.88. The monoisotopic (exact) mass is 296 g/mol. The molecule has 100 valence electrons. The van der Waals surface area contributed by atoms with E-state index < -0.39 is 12.2 Å². The van der Waals surface area contributed by atoms with Gasteiger partial charge >= 0.3 is 0 Å². The largest absolute Gasteiger partial charge is 0.388 e. The first-order valence-corrected chi connectivity index (χ1v) is 7.56. The zero-order valence-corrected chi connectivity index (χ0v) is 11.5. The first-order valence-electron chi connectivity index (χ1n) is 5.80. The van der Waals surface area contributed by atoms with Gasteiger partial charge in [-0.05, 0) is 11.4 Å². The zero-order valence-electron chi connectivity index (χ0n) is 9.89. The van der Waals surface area contributed by atoms with Crippen LogP contribution < -0.4 is 0 Å². The van der Waals surface area contributed by atoms with Crippen molar-refractivity contribution >= 4 is 28.6 Å². The van der Waals surface area contributed by atoms with Crippen LogP contribution in [0.2, 0.25) is 0 Å². The predicted octanol–water partition coefficient (Wildman–Crippen LogP) is 1.05. The fourth-order valence-electron chi connectivity index (χ4n) is 1.98. The molecule has 2 aromatic rings. The summed E-state index contributed by atoms with van der Waals surface area (Å²) in [5, 5.41) is 23.4. The number of amides is 1. The van der Waals surface area contributed by atoms with Gasteiger partial charge in [0, 0.05) is 18.5 Å². The molecule has 0 radical (unpaired) electrons. The highest BCUT2D eigenvalue weighted by atomic mass is 32.1. The topological polar surface area (TPSA) is 73.7 Å². The van der Waals surface area contributed by atoms with E-state index in [0.29, 0.717) is 5.69 Å². The maximum Gasteiger partial charge on any atom is 0.273 e. The van der Waals surface area contributed by atoms with Gasteiger partial charge in [0.25, 0.3) is 5.91 Å². The minimum Gasteiger partial charge on any atom is -0.388 e. The molecule has 2 unspecified atom stereocenters. The van der Waals surface area contributed by atoms with E-state index in [1.807, 2.05) is 17.5 Å². The molecule has 2 aromatic heterocycles. The van der Waals surface area contributed by atoms with Gasteiger partial charge in [-0.15, -0.1) is 22.7 Å². The molecule has 0 aromatic carbocycles. The minimum atomic E-state index is -0.862. The lowest BCUT2D eigenvalue weighted by Crippen LogP contribution is -2.30. The molecule has 0 spiro atoms. The summed E-state index contributed by atoms with van der Waals surface area (Å²) < 4.78 is 0. The highest BCUT2D eigenvalue weighted by Gasteiger charge is 2.33. The van der Waals surface area contributed by atoms with Gasteiger partial charge < -0.3 is 15.1 Å². The number of β-amino-alcohol motifs (C(OH)–C–C–N with tert-alkyl or cyclic N) is 2. The van der Waals surface area contributed by atoms with Crippen molar-refractivity contribution in [3.63, 3.8) is 0 Å². The Morgan fingerprint density at radius 1 is 1.32 bits per heavy atom. The van der Waals surface area contributed by atoms with E-state index in [1.165, 1.54) is 16.2 Å². The SMILES string of the molecule is O=C(c1csc(-c2cccs2)n1)N1CC(O)C(O)C1. The average Bonchev–Trinajstić information content (AvgIpc) is 3.09. The van der Waals surface area contributed by atoms with Crippen LogP contribution in [0.3, 0.4) is 0 Å². The van der Waals surface area contributed by atoms with Gasteiger partial charge in [-0.2, -0.15) is 0 Å². The lowest BCUT2D eigenvalue weighted by atomic mass is 10.3. The molecular formula is C12H12N2O3S2. The number of carbonyl (C=O) groups excluding carboxylic acids is 1. The van der Waals surface area contributed by atoms with E-state index in [1.54, 1.807) is 16.7 Å². The van der Waals surface area contributed by atoms with Crippen molar-refractivity contribution in [2.24, 2.45) is 0 Å². The smallest absolute Gasteiger partial charge is 0.273 e. The molecule has 0 saturated carbocycles. The van der Waals surface area contributed by atoms with Gasteiger partial charge in [-0.1, -0.05) is 6.07 Å². The fourth-order valence-corrected chi connectivity index (χ4v) is 3.59. The van der Waals surface area contributed by atoms with Crippen molar-refractivity contribution in [1.82, 2.24) is 9.88 Å². The number of thiazole rings is 1. The molecular weight excluding hydrogens is 284 g/mol. The van der Waals surface area contributed by atoms with Crippen LogP contribution in [0.25, 0.3) is 9.88 Å². The van der Waals surface area contributed by atoms with E-state index in [0.717, 1.165) is 9.88 Å². The van der Waals surface area contributed by atoms with Gasteiger partial charge in [0.15, 0.2) is 0 Å². The van der Waals surface area contributed by atoms with E-state index in [4.69, 9.17) is 0 Å². The van der Waals surface area contributed by atoms with Crippen molar-refractivity contribution in [1.29, 1.82) is 0 Å². The van der Waals surface area contributed by atoms with Crippen LogP contribution in [0.5, 0.6) is 0 Å². The molecule has 1 amide bonds. The van der Waals surface area contributed by atoms with Crippen LogP contribution in [0.1, 0.15) is 10.5 Å². The fraction of sp³-hybridized carbons (Fsp3) is 0.333. The molecule has 1 fully saturated rings. The number of aliphatic hydroxyl groups is 2. The van der Waals surface area contributed by atoms with E-state index >= 15 is 0 Å². The maximum atomic E-state index is 12.2. The number of carbonyl (C=O) groups is 1. The summed E-state index contributed by atoms with van der Waals surface area (Å²) in [6, 6.07) is 3.90. The molecule has 5 nitrogen and oxygen atoms in total. The number of hydrogen-bond acceptors (Lipinski definition) is 6. The number of rotatable bonds is 2. The van der Waals surface area contributed by atoms with E-state index in [-0.39, 0.29) is 19.0 Å². The number of aromatic nitrogens is 1. The molecule has 0 aliphatic carbocycles. The second-order valence-electron chi connectivity index (χ2n) is 4.36. The van der Waals surface area contributed by atoms with Gasteiger partial charge in [0.1, 0.15) is 10.7 Å². The van der Waals surface area contributed by atoms with Crippen molar-refractivity contribution in [2.45, 2.75) is 12.2 Å². The first-order chi connectivity index (χ1) is 9.15. The number of aliphatic hydroxyl groups excluding tert-OH is 2. The van der Waals surface area contributed by atoms with E-state index in [2.05, 4.69) is 4.98 Å². The Morgan fingerprint density at radius 3 is 2.68 bits per heavy atom. The Balaban J connectivity index is 1.78. The van der Waals surface area contributed by atoms with Crippen LogP contribution in [-0.2, 0) is 0 Å². The second-order valence-corrected chi connectivity index (χ2v) is 6.17. The maximum absolute atomic E-state index is 12.2. The summed E-state index contributed by atoms with van der Waals surface area (Å²) in [7, 11) is 0. The molecule has 1 aliphatic heterocycles. The number of thiophene rings is 1. The van der Waals surface area contributed by atoms with Crippen molar-refractivity contribution < 1.29 is 15.0 Å². The van der Waals surface area contributed by atoms with Crippen molar-refractivity contribution in [3.8, 4) is 9.88 Å². The summed E-state index contributed by atoms with van der Waals surface area (Å²) in [5.74, 6) is -0.241. The summed E-state index contributed by atoms with van der Waals surface area (Å²) in [5.41, 5.74) is 0.370. The lowest BCUT2D eigenvalue weighted by molar-refractivity contribution is 0.0572. The Morgan fingerprint density at radius 2 is 2.05 bits per heavy atom. The molecule has 3 heterocycles. The molecule has 2 atom stereocenters. The number of nitrogens with zero attached hydrogens (tertiary/aromatic N) is 2. The number of hydrogen-bond donors (Lipinski definition) is 2. The highest BCUT2D eigenvalue weighted by Crippen LogP contribution is 2.28. The molecule has 0 bridgehead atoms. The normalized spacial score (nSPS) is 22.9. The van der Waals surface area contributed by atoms with Crippen molar-refractivity contribution in [2.75, 3.05) is 13.1 Å². The number of likely N-dealkylation sites (tertiary alicyclic amines) is 1. The third kappa shape index (κ3) is 2.42. The quantitative estimate of drug-likeness (QED) is 0.869. The standard InChI is InChI=1S/C12H12N2O3S2/c15-8-4-14(5-9(8)16)12(17)7-6-19-11(13-7)10-2-1-3-18-10/h1-3,6,8-9,15-16H,4-5H2. The van der Waals surface area contributed by atoms with Gasteiger partial charge in [-0.3, -0.25) is 4.79 Å². The van der Waals surface area contributed by atoms with Gasteiger partial charge in [0.05, 0.1) is 17.1 Å². The Labute approximate surface area is 117 Å². The summed E-state index contributed by atoms with van der Waals surface area (Å²) in [6.07, 6.45) is -1.72. The average molecular weight is 296 g/mol. The molecule has 1 saturated heterocycles. The third-order valence-electron chi connectivity index (χ3n) is 3.00. The van der Waals surface area contributed by atoms with Gasteiger partial charge in [0.2, 0.25) is 0 Å². The van der Waals surface area contributed by atoms with Gasteiger partial charge in [-0.25, -0.2) is 4.98 Å². The van der Waals surface area contributed by atoms with Crippen LogP contribution in [-0.4, -0.2) is 51.3 Å². The van der Waals surface area contributed by atoms with Crippen LogP contribution in [0, 0.1) is 0 Å². The van der Waals surface area contributed by atoms with Crippen LogP contribution in [0.15, 0.2) is 22.9 Å². The summed E-state index contributed by atoms with van der Waals surface area (Å²) in [4.78, 5) is 19.0. The van der Waals surface area contributed by atoms with Crippen molar-refractivity contribution in [3.05, 3.63) is 28.6 Å². The molecule has 3 rings (SSSR count). The zero-order chi connectivity index (χ0) is 13.4. The first kappa shape index (κ1) is 12.7. The van der Waals surface area contributed by atoms with Crippen LogP contribution in [0.4, 0.5) is 0 Å². The molecule has 2 N–H and O–H groups in total. The molecule has 1 aliphatic rings. The Hall–Kier alpha value is -1.28. The highest BCUT2D eigenvalue weighted by molar-refractivity contribution is 7.20. The Bertz CT molecular complexity index is 572.